The number of ether oxygens (including phenoxy) is 1. The lowest BCUT2D eigenvalue weighted by atomic mass is 9.91. The molecule has 4 aromatic rings. The van der Waals surface area contributed by atoms with E-state index in [1.807, 2.05) is 24.3 Å². The molecule has 0 saturated carbocycles. The molecule has 4 rings (SSSR count). The Hall–Kier alpha value is -4.53. The molecule has 194 valence electrons. The second kappa shape index (κ2) is 12.6. The van der Waals surface area contributed by atoms with Crippen molar-refractivity contribution in [3.63, 3.8) is 0 Å². The quantitative estimate of drug-likeness (QED) is 0.117. The number of fused-ring (bicyclic) bond motifs is 1. The first-order chi connectivity index (χ1) is 18.5. The van der Waals surface area contributed by atoms with Gasteiger partial charge in [0.2, 0.25) is 0 Å². The molecule has 0 aliphatic rings. The lowest BCUT2D eigenvalue weighted by molar-refractivity contribution is -0.300. The molecule has 0 unspecified atom stereocenters. The number of anilines is 2. The molecule has 0 fully saturated rings. The SMILES string of the molecule is CCOOCc1ccc(C(=O)Nc2ccccc2)c2c(C(=O)OCC)ccc(C(=O)Nc3ccccc3)c12. The van der Waals surface area contributed by atoms with E-state index in [0.29, 0.717) is 28.9 Å². The number of rotatable bonds is 10. The van der Waals surface area contributed by atoms with Gasteiger partial charge in [0, 0.05) is 33.3 Å². The van der Waals surface area contributed by atoms with E-state index in [4.69, 9.17) is 14.5 Å². The van der Waals surface area contributed by atoms with Crippen LogP contribution in [0.4, 0.5) is 11.4 Å². The van der Waals surface area contributed by atoms with Gasteiger partial charge in [-0.25, -0.2) is 14.6 Å². The predicted octanol–water partition coefficient (Wildman–Crippen LogP) is 5.99. The maximum atomic E-state index is 13.5. The van der Waals surface area contributed by atoms with Crippen LogP contribution in [0, 0.1) is 0 Å². The number of amides is 2. The predicted molar refractivity (Wildman–Crippen MR) is 145 cm³/mol. The number of benzene rings is 4. The summed E-state index contributed by atoms with van der Waals surface area (Å²) in [6, 6.07) is 24.3. The number of carbonyl (C=O) groups excluding carboxylic acids is 3. The van der Waals surface area contributed by atoms with Crippen LogP contribution in [0.1, 0.15) is 50.5 Å². The first kappa shape index (κ1) is 26.5. The first-order valence-electron chi connectivity index (χ1n) is 12.3. The van der Waals surface area contributed by atoms with Crippen molar-refractivity contribution in [2.75, 3.05) is 23.8 Å². The second-order valence-electron chi connectivity index (χ2n) is 8.21. The van der Waals surface area contributed by atoms with Crippen molar-refractivity contribution < 1.29 is 28.9 Å². The van der Waals surface area contributed by atoms with Gasteiger partial charge < -0.3 is 15.4 Å². The van der Waals surface area contributed by atoms with Gasteiger partial charge in [0.1, 0.15) is 6.61 Å². The Bertz CT molecular complexity index is 1440. The summed E-state index contributed by atoms with van der Waals surface area (Å²) in [6.45, 7) is 3.95. The summed E-state index contributed by atoms with van der Waals surface area (Å²) in [6.07, 6.45) is 0. The molecule has 0 bridgehead atoms. The number of esters is 1. The lowest BCUT2D eigenvalue weighted by Gasteiger charge is -2.18. The zero-order chi connectivity index (χ0) is 26.9. The van der Waals surface area contributed by atoms with E-state index in [-0.39, 0.29) is 35.3 Å². The van der Waals surface area contributed by atoms with E-state index in [1.54, 1.807) is 68.4 Å². The Morgan fingerprint density at radius 2 is 1.13 bits per heavy atom. The molecule has 0 heterocycles. The third-order valence-corrected chi connectivity index (χ3v) is 5.71. The summed E-state index contributed by atoms with van der Waals surface area (Å²) in [7, 11) is 0. The van der Waals surface area contributed by atoms with E-state index in [0.717, 1.165) is 0 Å². The largest absolute Gasteiger partial charge is 0.462 e. The fourth-order valence-corrected chi connectivity index (χ4v) is 4.07. The number of hydrogen-bond acceptors (Lipinski definition) is 6. The molecule has 0 radical (unpaired) electrons. The highest BCUT2D eigenvalue weighted by atomic mass is 17.2. The van der Waals surface area contributed by atoms with Gasteiger partial charge in [-0.05, 0) is 61.9 Å². The van der Waals surface area contributed by atoms with Crippen LogP contribution in [-0.4, -0.2) is 31.0 Å². The molecule has 0 aliphatic carbocycles. The molecule has 0 aromatic heterocycles. The minimum absolute atomic E-state index is 0.0111. The molecule has 0 aliphatic heterocycles. The maximum absolute atomic E-state index is 13.5. The van der Waals surface area contributed by atoms with Crippen molar-refractivity contribution in [3.05, 3.63) is 107 Å². The van der Waals surface area contributed by atoms with Crippen LogP contribution in [0.5, 0.6) is 0 Å². The molecular weight excluding hydrogens is 484 g/mol. The van der Waals surface area contributed by atoms with Gasteiger partial charge in [-0.2, -0.15) is 0 Å². The molecule has 4 aromatic carbocycles. The van der Waals surface area contributed by atoms with Crippen LogP contribution >= 0.6 is 0 Å². The van der Waals surface area contributed by atoms with Gasteiger partial charge in [-0.1, -0.05) is 42.5 Å². The van der Waals surface area contributed by atoms with Crippen molar-refractivity contribution in [2.24, 2.45) is 0 Å². The number of nitrogens with one attached hydrogen (secondary N) is 2. The van der Waals surface area contributed by atoms with Gasteiger partial charge in [-0.3, -0.25) is 9.59 Å². The minimum atomic E-state index is -0.607. The van der Waals surface area contributed by atoms with Crippen LogP contribution in [0.15, 0.2) is 84.9 Å². The van der Waals surface area contributed by atoms with Gasteiger partial charge in [-0.15, -0.1) is 0 Å². The average Bonchev–Trinajstić information content (AvgIpc) is 2.93. The minimum Gasteiger partial charge on any atom is -0.462 e. The first-order valence-corrected chi connectivity index (χ1v) is 12.3. The topological polar surface area (TPSA) is 103 Å². The normalized spacial score (nSPS) is 10.7. The van der Waals surface area contributed by atoms with E-state index < -0.39 is 17.8 Å². The zero-order valence-corrected chi connectivity index (χ0v) is 21.2. The van der Waals surface area contributed by atoms with Crippen molar-refractivity contribution in [2.45, 2.75) is 20.5 Å². The lowest BCUT2D eigenvalue weighted by Crippen LogP contribution is -2.18. The Morgan fingerprint density at radius 1 is 0.605 bits per heavy atom. The Kier molecular flexibility index (Phi) is 8.81. The van der Waals surface area contributed by atoms with Crippen molar-refractivity contribution in [3.8, 4) is 0 Å². The highest BCUT2D eigenvalue weighted by Gasteiger charge is 2.25. The van der Waals surface area contributed by atoms with E-state index in [1.165, 1.54) is 6.07 Å². The zero-order valence-electron chi connectivity index (χ0n) is 21.2. The Balaban J connectivity index is 1.91. The molecule has 0 spiro atoms. The highest BCUT2D eigenvalue weighted by molar-refractivity contribution is 6.23. The summed E-state index contributed by atoms with van der Waals surface area (Å²) >= 11 is 0. The van der Waals surface area contributed by atoms with Crippen LogP contribution < -0.4 is 10.6 Å². The summed E-state index contributed by atoms with van der Waals surface area (Å²) in [5.74, 6) is -1.45. The smallest absolute Gasteiger partial charge is 0.338 e. The molecule has 2 amide bonds. The monoisotopic (exact) mass is 512 g/mol. The van der Waals surface area contributed by atoms with Crippen LogP contribution in [0.25, 0.3) is 10.8 Å². The standard InChI is InChI=1S/C30H28N2O6/c1-3-36-30(35)25-18-17-23(28(33)31-21-11-7-5-8-12-21)26-20(19-38-37-4-2)15-16-24(27(25)26)29(34)32-22-13-9-6-10-14-22/h5-18H,3-4,19H2,1-2H3,(H,31,33)(H,32,34). The van der Waals surface area contributed by atoms with E-state index in [9.17, 15) is 14.4 Å². The molecule has 8 nitrogen and oxygen atoms in total. The van der Waals surface area contributed by atoms with Gasteiger partial charge >= 0.3 is 5.97 Å². The number of para-hydroxylation sites is 2. The van der Waals surface area contributed by atoms with Gasteiger partial charge in [0.25, 0.3) is 11.8 Å². The van der Waals surface area contributed by atoms with Gasteiger partial charge in [0.15, 0.2) is 0 Å². The van der Waals surface area contributed by atoms with E-state index in [2.05, 4.69) is 10.6 Å². The van der Waals surface area contributed by atoms with Crippen molar-refractivity contribution >= 4 is 39.9 Å². The van der Waals surface area contributed by atoms with Crippen LogP contribution in [0.2, 0.25) is 0 Å². The summed E-state index contributed by atoms with van der Waals surface area (Å²) in [5.41, 5.74) is 2.39. The average molecular weight is 513 g/mol. The molecule has 0 saturated heterocycles. The summed E-state index contributed by atoms with van der Waals surface area (Å²) < 4.78 is 5.30. The third kappa shape index (κ3) is 6.05. The molecule has 0 atom stereocenters. The van der Waals surface area contributed by atoms with Crippen LogP contribution in [-0.2, 0) is 21.1 Å². The van der Waals surface area contributed by atoms with Crippen molar-refractivity contribution in [1.29, 1.82) is 0 Å². The molecular formula is C30H28N2O6. The summed E-state index contributed by atoms with van der Waals surface area (Å²) in [4.78, 5) is 50.4. The maximum Gasteiger partial charge on any atom is 0.338 e. The Morgan fingerprint density at radius 3 is 1.68 bits per heavy atom. The van der Waals surface area contributed by atoms with Crippen LogP contribution in [0.3, 0.4) is 0 Å². The number of carbonyl (C=O) groups is 3. The summed E-state index contributed by atoms with van der Waals surface area (Å²) in [5, 5.41) is 6.42. The van der Waals surface area contributed by atoms with Crippen molar-refractivity contribution in [1.82, 2.24) is 0 Å². The Labute approximate surface area is 220 Å². The highest BCUT2D eigenvalue weighted by Crippen LogP contribution is 2.32. The number of hydrogen-bond donors (Lipinski definition) is 2. The fraction of sp³-hybridized carbons (Fsp3) is 0.167. The molecule has 8 heteroatoms. The molecule has 38 heavy (non-hydrogen) atoms. The third-order valence-electron chi connectivity index (χ3n) is 5.71. The van der Waals surface area contributed by atoms with E-state index >= 15 is 0 Å². The molecule has 2 N–H and O–H groups in total. The second-order valence-corrected chi connectivity index (χ2v) is 8.21. The fourth-order valence-electron chi connectivity index (χ4n) is 4.07. The van der Waals surface area contributed by atoms with Gasteiger partial charge in [0.05, 0.1) is 18.8 Å².